The highest BCUT2D eigenvalue weighted by Gasteiger charge is 2.51. The zero-order valence-electron chi connectivity index (χ0n) is 11.6. The van der Waals surface area contributed by atoms with E-state index >= 15 is 0 Å². The highest BCUT2D eigenvalue weighted by Crippen LogP contribution is 2.48. The van der Waals surface area contributed by atoms with Crippen molar-refractivity contribution in [3.8, 4) is 0 Å². The molecule has 1 fully saturated rings. The normalized spacial score (nSPS) is 17.8. The Balaban J connectivity index is 2.07. The minimum Gasteiger partial charge on any atom is -0.399 e. The van der Waals surface area contributed by atoms with Crippen LogP contribution in [0.3, 0.4) is 0 Å². The molecule has 19 heavy (non-hydrogen) atoms. The van der Waals surface area contributed by atoms with Crippen LogP contribution in [0.5, 0.6) is 0 Å². The summed E-state index contributed by atoms with van der Waals surface area (Å²) < 4.78 is 0. The lowest BCUT2D eigenvalue weighted by Crippen LogP contribution is -2.42. The van der Waals surface area contributed by atoms with E-state index in [1.54, 1.807) is 11.8 Å². The second-order valence-corrected chi connectivity index (χ2v) is 6.15. The molecule has 1 aromatic carbocycles. The first-order valence-corrected chi connectivity index (χ1v) is 8.17. The molecule has 0 heterocycles. The van der Waals surface area contributed by atoms with Crippen molar-refractivity contribution in [2.45, 2.75) is 37.6 Å². The number of nitrogens with two attached hydrogens (primary N) is 1. The fourth-order valence-electron chi connectivity index (χ4n) is 2.36. The maximum absolute atomic E-state index is 12.5. The molecule has 2 rings (SSSR count). The van der Waals surface area contributed by atoms with Gasteiger partial charge in [0.05, 0.1) is 5.41 Å². The number of rotatable bonds is 6. The lowest BCUT2D eigenvalue weighted by molar-refractivity contribution is -0.124. The zero-order chi connectivity index (χ0) is 13.9. The zero-order valence-corrected chi connectivity index (χ0v) is 12.4. The highest BCUT2D eigenvalue weighted by atomic mass is 32.2. The summed E-state index contributed by atoms with van der Waals surface area (Å²) in [5.41, 5.74) is 7.25. The molecule has 1 aromatic rings. The topological polar surface area (TPSA) is 55.1 Å². The van der Waals surface area contributed by atoms with Crippen LogP contribution in [0.25, 0.3) is 0 Å². The Labute approximate surface area is 119 Å². The molecule has 0 saturated heterocycles. The first-order chi connectivity index (χ1) is 9.12. The summed E-state index contributed by atoms with van der Waals surface area (Å²) in [5, 5.41) is 3.19. The van der Waals surface area contributed by atoms with Crippen molar-refractivity contribution in [1.29, 1.82) is 0 Å². The van der Waals surface area contributed by atoms with Gasteiger partial charge in [-0.3, -0.25) is 4.79 Å². The van der Waals surface area contributed by atoms with Crippen LogP contribution in [0.4, 0.5) is 5.69 Å². The van der Waals surface area contributed by atoms with E-state index in [4.69, 9.17) is 5.73 Å². The van der Waals surface area contributed by atoms with Crippen molar-refractivity contribution in [2.75, 3.05) is 17.7 Å². The third-order valence-electron chi connectivity index (χ3n) is 3.84. The van der Waals surface area contributed by atoms with Gasteiger partial charge in [0.25, 0.3) is 0 Å². The van der Waals surface area contributed by atoms with Gasteiger partial charge in [-0.25, -0.2) is 0 Å². The predicted molar refractivity (Wildman–Crippen MR) is 82.4 cm³/mol. The number of hydrogen-bond donors (Lipinski definition) is 2. The summed E-state index contributed by atoms with van der Waals surface area (Å²) in [6.45, 7) is 2.12. The van der Waals surface area contributed by atoms with Crippen LogP contribution in [0, 0.1) is 0 Å². The molecule has 3 N–H and O–H groups in total. The smallest absolute Gasteiger partial charge is 0.230 e. The van der Waals surface area contributed by atoms with Gasteiger partial charge in [0.1, 0.15) is 0 Å². The van der Waals surface area contributed by atoms with Crippen LogP contribution >= 0.6 is 11.8 Å². The van der Waals surface area contributed by atoms with Crippen LogP contribution in [0.15, 0.2) is 24.3 Å². The van der Waals surface area contributed by atoms with Gasteiger partial charge in [0.15, 0.2) is 0 Å². The number of hydrogen-bond acceptors (Lipinski definition) is 3. The average molecular weight is 278 g/mol. The molecule has 1 unspecified atom stereocenters. The second kappa shape index (κ2) is 5.87. The van der Waals surface area contributed by atoms with Gasteiger partial charge >= 0.3 is 0 Å². The van der Waals surface area contributed by atoms with Crippen LogP contribution in [0.1, 0.15) is 31.7 Å². The Morgan fingerprint density at radius 2 is 2.05 bits per heavy atom. The number of benzene rings is 1. The van der Waals surface area contributed by atoms with Gasteiger partial charge < -0.3 is 11.1 Å². The molecule has 0 aliphatic heterocycles. The Morgan fingerprint density at radius 3 is 2.53 bits per heavy atom. The third-order valence-corrected chi connectivity index (χ3v) is 4.58. The highest BCUT2D eigenvalue weighted by molar-refractivity contribution is 7.98. The number of nitrogen functional groups attached to an aromatic ring is 1. The molecule has 0 bridgehead atoms. The number of carbonyl (C=O) groups is 1. The number of thioether (sulfide) groups is 1. The quantitative estimate of drug-likeness (QED) is 0.786. The summed E-state index contributed by atoms with van der Waals surface area (Å²) in [6.07, 6.45) is 4.93. The monoisotopic (exact) mass is 278 g/mol. The van der Waals surface area contributed by atoms with Crippen molar-refractivity contribution in [2.24, 2.45) is 0 Å². The Morgan fingerprint density at radius 1 is 1.42 bits per heavy atom. The van der Waals surface area contributed by atoms with E-state index in [2.05, 4.69) is 18.5 Å². The van der Waals surface area contributed by atoms with E-state index < -0.39 is 0 Å². The molecule has 4 heteroatoms. The molecule has 1 aliphatic carbocycles. The van der Waals surface area contributed by atoms with E-state index in [9.17, 15) is 4.79 Å². The fraction of sp³-hybridized carbons (Fsp3) is 0.533. The Bertz CT molecular complexity index is 440. The van der Waals surface area contributed by atoms with E-state index in [0.29, 0.717) is 0 Å². The first-order valence-electron chi connectivity index (χ1n) is 6.78. The SMILES string of the molecule is CCC(CSC)NC(=O)C1(c2ccc(N)cc2)CC1. The van der Waals surface area contributed by atoms with Crippen molar-refractivity contribution < 1.29 is 4.79 Å². The van der Waals surface area contributed by atoms with E-state index in [1.165, 1.54) is 0 Å². The van der Waals surface area contributed by atoms with E-state index in [0.717, 1.165) is 36.3 Å². The van der Waals surface area contributed by atoms with Gasteiger partial charge in [-0.05, 0) is 43.2 Å². The molecule has 1 aliphatic rings. The van der Waals surface area contributed by atoms with Crippen molar-refractivity contribution in [3.05, 3.63) is 29.8 Å². The van der Waals surface area contributed by atoms with Gasteiger partial charge in [-0.2, -0.15) is 11.8 Å². The standard InChI is InChI=1S/C15H22N2OS/c1-3-13(10-19-2)17-14(18)15(8-9-15)11-4-6-12(16)7-5-11/h4-7,13H,3,8-10,16H2,1-2H3,(H,17,18). The minimum atomic E-state index is -0.292. The average Bonchev–Trinajstić information content (AvgIpc) is 3.20. The molecule has 104 valence electrons. The molecule has 1 saturated carbocycles. The second-order valence-electron chi connectivity index (χ2n) is 5.24. The Kier molecular flexibility index (Phi) is 4.40. The molecule has 3 nitrogen and oxygen atoms in total. The number of nitrogens with one attached hydrogen (secondary N) is 1. The lowest BCUT2D eigenvalue weighted by atomic mass is 9.94. The lowest BCUT2D eigenvalue weighted by Gasteiger charge is -2.21. The molecule has 0 aromatic heterocycles. The summed E-state index contributed by atoms with van der Waals surface area (Å²) in [7, 11) is 0. The maximum Gasteiger partial charge on any atom is 0.230 e. The summed E-state index contributed by atoms with van der Waals surface area (Å²) >= 11 is 1.77. The summed E-state index contributed by atoms with van der Waals surface area (Å²) in [6, 6.07) is 7.99. The van der Waals surface area contributed by atoms with E-state index in [-0.39, 0.29) is 17.4 Å². The van der Waals surface area contributed by atoms with Crippen LogP contribution in [0.2, 0.25) is 0 Å². The van der Waals surface area contributed by atoms with Gasteiger partial charge in [0, 0.05) is 17.5 Å². The molecule has 0 radical (unpaired) electrons. The van der Waals surface area contributed by atoms with Crippen molar-refractivity contribution in [3.63, 3.8) is 0 Å². The summed E-state index contributed by atoms with van der Waals surface area (Å²) in [5.74, 6) is 1.15. The molecular weight excluding hydrogens is 256 g/mol. The number of anilines is 1. The largest absolute Gasteiger partial charge is 0.399 e. The predicted octanol–water partition coefficient (Wildman–Crippen LogP) is 2.56. The Hall–Kier alpha value is -1.16. The molecule has 0 spiro atoms. The number of carbonyl (C=O) groups excluding carboxylic acids is 1. The van der Waals surface area contributed by atoms with Crippen LogP contribution < -0.4 is 11.1 Å². The van der Waals surface area contributed by atoms with Crippen LogP contribution in [-0.2, 0) is 10.2 Å². The minimum absolute atomic E-state index is 0.179. The fourth-order valence-corrected chi connectivity index (χ4v) is 3.08. The van der Waals surface area contributed by atoms with Crippen molar-refractivity contribution >= 4 is 23.4 Å². The van der Waals surface area contributed by atoms with E-state index in [1.807, 2.05) is 24.3 Å². The van der Waals surface area contributed by atoms with Gasteiger partial charge in [-0.15, -0.1) is 0 Å². The third kappa shape index (κ3) is 3.06. The van der Waals surface area contributed by atoms with Gasteiger partial charge in [-0.1, -0.05) is 19.1 Å². The first kappa shape index (κ1) is 14.3. The maximum atomic E-state index is 12.5. The number of amides is 1. The van der Waals surface area contributed by atoms with Crippen molar-refractivity contribution in [1.82, 2.24) is 5.32 Å². The van der Waals surface area contributed by atoms with Crippen LogP contribution in [-0.4, -0.2) is 24.0 Å². The van der Waals surface area contributed by atoms with Gasteiger partial charge in [0.2, 0.25) is 5.91 Å². The molecule has 1 amide bonds. The molecule has 1 atom stereocenters. The molecular formula is C15H22N2OS. The summed E-state index contributed by atoms with van der Waals surface area (Å²) in [4.78, 5) is 12.5.